The molecule has 11 heteroatoms. The minimum absolute atomic E-state index is 0.0119. The quantitative estimate of drug-likeness (QED) is 0.712. The highest BCUT2D eigenvalue weighted by atomic mass is 32.2. The van der Waals surface area contributed by atoms with E-state index in [2.05, 4.69) is 16.8 Å². The summed E-state index contributed by atoms with van der Waals surface area (Å²) in [4.78, 5) is 5.73. The molecule has 2 aromatic rings. The molecular weight excluding hydrogens is 439 g/mol. The third kappa shape index (κ3) is 4.18. The molecule has 0 saturated carbocycles. The third-order valence-electron chi connectivity index (χ3n) is 4.94. The van der Waals surface area contributed by atoms with Crippen LogP contribution >= 0.6 is 11.3 Å². The van der Waals surface area contributed by atoms with E-state index in [0.717, 1.165) is 11.3 Å². The average molecular weight is 460 g/mol. The minimum atomic E-state index is -4.81. The fourth-order valence-electron chi connectivity index (χ4n) is 3.16. The average Bonchev–Trinajstić information content (AvgIpc) is 3.23. The van der Waals surface area contributed by atoms with Crippen molar-refractivity contribution in [3.05, 3.63) is 41.4 Å². The summed E-state index contributed by atoms with van der Waals surface area (Å²) >= 11 is 1.04. The first-order valence-corrected chi connectivity index (χ1v) is 11.3. The Hall–Kier alpha value is -2.13. The number of benzene rings is 1. The van der Waals surface area contributed by atoms with Gasteiger partial charge in [0.1, 0.15) is 6.04 Å². The lowest BCUT2D eigenvalue weighted by molar-refractivity contribution is -0.258. The number of sulfonamides is 1. The highest BCUT2D eigenvalue weighted by Gasteiger charge is 2.51. The molecule has 1 aliphatic rings. The number of aliphatic hydroxyl groups is 1. The van der Waals surface area contributed by atoms with Gasteiger partial charge in [0.2, 0.25) is 4.34 Å². The molecule has 0 radical (unpaired) electrons. The van der Waals surface area contributed by atoms with Crippen LogP contribution in [0.2, 0.25) is 0 Å². The maximum absolute atomic E-state index is 13.1. The van der Waals surface area contributed by atoms with Crippen molar-refractivity contribution in [2.24, 2.45) is 0 Å². The highest BCUT2D eigenvalue weighted by Crippen LogP contribution is 2.39. The zero-order valence-corrected chi connectivity index (χ0v) is 17.9. The molecule has 1 saturated heterocycles. The predicted octanol–water partition coefficient (Wildman–Crippen LogP) is 2.82. The van der Waals surface area contributed by atoms with Crippen molar-refractivity contribution >= 4 is 27.0 Å². The van der Waals surface area contributed by atoms with E-state index in [0.29, 0.717) is 19.2 Å². The fraction of sp³-hybridized carbons (Fsp3) is 0.421. The molecule has 1 aromatic carbocycles. The van der Waals surface area contributed by atoms with Gasteiger partial charge in [-0.25, -0.2) is 13.4 Å². The Morgan fingerprint density at radius 2 is 1.90 bits per heavy atom. The van der Waals surface area contributed by atoms with Crippen LogP contribution in [0.5, 0.6) is 0 Å². The lowest BCUT2D eigenvalue weighted by Crippen LogP contribution is -2.54. The van der Waals surface area contributed by atoms with E-state index in [1.165, 1.54) is 34.8 Å². The smallest absolute Gasteiger partial charge is 0.376 e. The highest BCUT2D eigenvalue weighted by molar-refractivity contribution is 7.91. The molecule has 0 amide bonds. The molecule has 2 atom stereocenters. The first-order chi connectivity index (χ1) is 14.0. The predicted molar refractivity (Wildman–Crippen MR) is 108 cm³/mol. The molecule has 6 nitrogen and oxygen atoms in total. The maximum atomic E-state index is 13.1. The lowest BCUT2D eigenvalue weighted by Gasteiger charge is -2.39. The van der Waals surface area contributed by atoms with E-state index >= 15 is 0 Å². The Bertz CT molecular complexity index is 1040. The second kappa shape index (κ2) is 8.19. The largest absolute Gasteiger partial charge is 0.421 e. The van der Waals surface area contributed by atoms with Gasteiger partial charge in [0.25, 0.3) is 10.0 Å². The van der Waals surface area contributed by atoms with Gasteiger partial charge in [-0.15, -0.1) is 17.3 Å². The number of alkyl halides is 3. The van der Waals surface area contributed by atoms with Crippen molar-refractivity contribution in [3.63, 3.8) is 0 Å². The molecule has 3 rings (SSSR count). The van der Waals surface area contributed by atoms with Gasteiger partial charge in [-0.05, 0) is 31.5 Å². The molecule has 1 fully saturated rings. The third-order valence-corrected chi connectivity index (χ3v) is 7.98. The Labute approximate surface area is 177 Å². The second-order valence-corrected chi connectivity index (χ2v) is 9.89. The van der Waals surface area contributed by atoms with E-state index in [1.54, 1.807) is 12.3 Å². The lowest BCUT2D eigenvalue weighted by atomic mass is 9.95. The van der Waals surface area contributed by atoms with E-state index in [4.69, 9.17) is 0 Å². The number of hydrogen-bond donors (Lipinski definition) is 1. The molecule has 1 aliphatic heterocycles. The van der Waals surface area contributed by atoms with Gasteiger partial charge in [0.05, 0.1) is 0 Å². The van der Waals surface area contributed by atoms with Crippen LogP contribution in [0.1, 0.15) is 19.4 Å². The summed E-state index contributed by atoms with van der Waals surface area (Å²) < 4.78 is 66.0. The van der Waals surface area contributed by atoms with Crippen LogP contribution in [0.25, 0.3) is 0 Å². The van der Waals surface area contributed by atoms with Crippen LogP contribution < -0.4 is 4.90 Å². The monoisotopic (exact) mass is 459 g/mol. The van der Waals surface area contributed by atoms with Crippen molar-refractivity contribution in [1.82, 2.24) is 9.29 Å². The van der Waals surface area contributed by atoms with Crippen LogP contribution in [-0.4, -0.2) is 54.7 Å². The molecule has 1 aromatic heterocycles. The molecule has 162 valence electrons. The molecule has 0 bridgehead atoms. The van der Waals surface area contributed by atoms with Gasteiger partial charge in [-0.3, -0.25) is 0 Å². The number of piperazine rings is 1. The summed E-state index contributed by atoms with van der Waals surface area (Å²) in [7, 11) is -3.73. The number of nitrogens with zero attached hydrogens (tertiary/aromatic N) is 3. The number of halogens is 3. The second-order valence-electron chi connectivity index (χ2n) is 6.88. The Morgan fingerprint density at radius 1 is 1.23 bits per heavy atom. The van der Waals surface area contributed by atoms with Gasteiger partial charge in [-0.1, -0.05) is 18.1 Å². The van der Waals surface area contributed by atoms with Crippen LogP contribution in [0.3, 0.4) is 0 Å². The molecule has 30 heavy (non-hydrogen) atoms. The van der Waals surface area contributed by atoms with E-state index < -0.39 is 27.8 Å². The zero-order chi connectivity index (χ0) is 22.2. The van der Waals surface area contributed by atoms with Crippen LogP contribution in [0, 0.1) is 11.8 Å². The SMILES string of the molecule is CC#C[C@H]1CN(S(=O)(=O)c2nccs2)CCN1c1ccc(C(C)(O)C(F)(F)F)cc1. The first-order valence-electron chi connectivity index (χ1n) is 8.96. The zero-order valence-electron chi connectivity index (χ0n) is 16.2. The first kappa shape index (κ1) is 22.6. The number of hydrogen-bond acceptors (Lipinski definition) is 6. The standard InChI is InChI=1S/C19H20F3N3O3S2/c1-3-4-16-13-24(30(27,28)17-23-9-12-29-17)10-11-25(16)15-7-5-14(6-8-15)18(2,26)19(20,21)22/h5-9,12,16,26H,10-11,13H2,1-2H3/t16-,18?/m0/s1. The summed E-state index contributed by atoms with van der Waals surface area (Å²) in [6, 6.07) is 4.92. The fourth-order valence-corrected chi connectivity index (χ4v) is 5.57. The van der Waals surface area contributed by atoms with Gasteiger partial charge in [0.15, 0.2) is 5.60 Å². The maximum Gasteiger partial charge on any atom is 0.421 e. The number of thiazole rings is 1. The van der Waals surface area contributed by atoms with Crippen LogP contribution in [0.4, 0.5) is 18.9 Å². The summed E-state index contributed by atoms with van der Waals surface area (Å²) in [6.07, 6.45) is -3.38. The summed E-state index contributed by atoms with van der Waals surface area (Å²) in [6.45, 7) is 2.93. The van der Waals surface area contributed by atoms with Crippen molar-refractivity contribution in [2.45, 2.75) is 36.0 Å². The summed E-state index contributed by atoms with van der Waals surface area (Å²) in [5.74, 6) is 5.76. The van der Waals surface area contributed by atoms with Gasteiger partial charge in [-0.2, -0.15) is 17.5 Å². The Morgan fingerprint density at radius 3 is 2.43 bits per heavy atom. The van der Waals surface area contributed by atoms with Crippen LogP contribution in [-0.2, 0) is 15.6 Å². The van der Waals surface area contributed by atoms with E-state index in [1.807, 2.05) is 4.90 Å². The number of aromatic nitrogens is 1. The van der Waals surface area contributed by atoms with Crippen molar-refractivity contribution in [3.8, 4) is 11.8 Å². The number of rotatable bonds is 4. The van der Waals surface area contributed by atoms with Crippen molar-refractivity contribution in [1.29, 1.82) is 0 Å². The van der Waals surface area contributed by atoms with Crippen molar-refractivity contribution in [2.75, 3.05) is 24.5 Å². The topological polar surface area (TPSA) is 73.7 Å². The van der Waals surface area contributed by atoms with Crippen molar-refractivity contribution < 1.29 is 26.7 Å². The molecule has 0 spiro atoms. The molecule has 1 N–H and O–H groups in total. The Balaban J connectivity index is 1.84. The molecular formula is C19H20F3N3O3S2. The summed E-state index contributed by atoms with van der Waals surface area (Å²) in [5.41, 5.74) is -2.65. The molecule has 1 unspecified atom stereocenters. The van der Waals surface area contributed by atoms with Gasteiger partial charge < -0.3 is 10.0 Å². The van der Waals surface area contributed by atoms with E-state index in [-0.39, 0.29) is 23.0 Å². The van der Waals surface area contributed by atoms with E-state index in [9.17, 15) is 26.7 Å². The normalized spacial score (nSPS) is 20.3. The number of anilines is 1. The molecule has 2 heterocycles. The van der Waals surface area contributed by atoms with Gasteiger partial charge >= 0.3 is 6.18 Å². The summed E-state index contributed by atoms with van der Waals surface area (Å²) in [5, 5.41) is 11.4. The minimum Gasteiger partial charge on any atom is -0.376 e. The Kier molecular flexibility index (Phi) is 6.15. The van der Waals surface area contributed by atoms with Crippen LogP contribution in [0.15, 0.2) is 40.2 Å². The van der Waals surface area contributed by atoms with Gasteiger partial charge in [0, 0.05) is 36.9 Å². The molecule has 0 aliphatic carbocycles.